The highest BCUT2D eigenvalue weighted by Gasteiger charge is 2.10. The molecule has 1 aromatic rings. The highest BCUT2D eigenvalue weighted by molar-refractivity contribution is 6.31. The van der Waals surface area contributed by atoms with Crippen molar-refractivity contribution < 1.29 is 4.74 Å². The highest BCUT2D eigenvalue weighted by atomic mass is 35.5. The first-order valence-electron chi connectivity index (χ1n) is 4.72. The summed E-state index contributed by atoms with van der Waals surface area (Å²) < 4.78 is 5.29. The zero-order chi connectivity index (χ0) is 10.4. The van der Waals surface area contributed by atoms with Gasteiger partial charge < -0.3 is 10.1 Å². The number of rotatable bonds is 0. The Morgan fingerprint density at radius 1 is 1.36 bits per heavy atom. The molecule has 0 aliphatic carbocycles. The monoisotopic (exact) mass is 213 g/mol. The Hall–Kier alpha value is -0.570. The van der Waals surface area contributed by atoms with E-state index in [1.165, 1.54) is 11.1 Å². The summed E-state index contributed by atoms with van der Waals surface area (Å²) in [4.78, 5) is 0. The van der Waals surface area contributed by atoms with Gasteiger partial charge in [0.05, 0.1) is 13.2 Å². The van der Waals surface area contributed by atoms with Gasteiger partial charge in [-0.05, 0) is 37.7 Å². The van der Waals surface area contributed by atoms with Crippen LogP contribution < -0.4 is 5.32 Å². The Labute approximate surface area is 90.2 Å². The molecular formula is C11H16ClNO. The van der Waals surface area contributed by atoms with Crippen molar-refractivity contribution in [1.29, 1.82) is 0 Å². The first kappa shape index (κ1) is 11.5. The van der Waals surface area contributed by atoms with Crippen molar-refractivity contribution in [2.45, 2.75) is 13.0 Å². The summed E-state index contributed by atoms with van der Waals surface area (Å²) in [7, 11) is 3.75. The highest BCUT2D eigenvalue weighted by Crippen LogP contribution is 2.24. The molecule has 14 heavy (non-hydrogen) atoms. The van der Waals surface area contributed by atoms with E-state index in [4.69, 9.17) is 16.3 Å². The van der Waals surface area contributed by atoms with E-state index in [2.05, 4.69) is 11.4 Å². The number of benzene rings is 1. The summed E-state index contributed by atoms with van der Waals surface area (Å²) in [6.07, 6.45) is 0.953. The molecule has 1 N–H and O–H groups in total. The third-order valence-corrected chi connectivity index (χ3v) is 2.32. The summed E-state index contributed by atoms with van der Waals surface area (Å²) in [6, 6.07) is 5.97. The molecular weight excluding hydrogens is 198 g/mol. The lowest BCUT2D eigenvalue weighted by Gasteiger charge is -2.16. The lowest BCUT2D eigenvalue weighted by atomic mass is 10.0. The van der Waals surface area contributed by atoms with Crippen LogP contribution in [0.15, 0.2) is 18.2 Å². The second-order valence-corrected chi connectivity index (χ2v) is 3.59. The summed E-state index contributed by atoms with van der Waals surface area (Å²) in [5.74, 6) is 0. The van der Waals surface area contributed by atoms with Gasteiger partial charge in [-0.25, -0.2) is 0 Å². The lowest BCUT2D eigenvalue weighted by molar-refractivity contribution is 0.111. The fraction of sp³-hybridized carbons (Fsp3) is 0.455. The topological polar surface area (TPSA) is 21.3 Å². The molecule has 2 nitrogen and oxygen atoms in total. The van der Waals surface area contributed by atoms with Crippen LogP contribution in [-0.4, -0.2) is 20.7 Å². The van der Waals surface area contributed by atoms with Gasteiger partial charge in [-0.3, -0.25) is 0 Å². The quantitative estimate of drug-likeness (QED) is 0.714. The van der Waals surface area contributed by atoms with Gasteiger partial charge in [0.25, 0.3) is 0 Å². The predicted molar refractivity (Wildman–Crippen MR) is 59.8 cm³/mol. The molecule has 0 fully saturated rings. The van der Waals surface area contributed by atoms with Crippen LogP contribution >= 0.6 is 11.6 Å². The van der Waals surface area contributed by atoms with Gasteiger partial charge in [-0.1, -0.05) is 23.7 Å². The SMILES string of the molecule is CNC.Clc1cccc2c1CCOC2. The summed E-state index contributed by atoms with van der Waals surface area (Å²) in [6.45, 7) is 1.52. The third-order valence-electron chi connectivity index (χ3n) is 1.97. The summed E-state index contributed by atoms with van der Waals surface area (Å²) >= 11 is 5.99. The van der Waals surface area contributed by atoms with Crippen LogP contribution in [0.4, 0.5) is 0 Å². The van der Waals surface area contributed by atoms with Crippen molar-refractivity contribution in [2.24, 2.45) is 0 Å². The van der Waals surface area contributed by atoms with Crippen LogP contribution in [0.5, 0.6) is 0 Å². The predicted octanol–water partition coefficient (Wildman–Crippen LogP) is 2.25. The van der Waals surface area contributed by atoms with Crippen molar-refractivity contribution in [2.75, 3.05) is 20.7 Å². The maximum absolute atomic E-state index is 5.99. The smallest absolute Gasteiger partial charge is 0.0720 e. The van der Waals surface area contributed by atoms with Crippen LogP contribution in [0.2, 0.25) is 5.02 Å². The molecule has 78 valence electrons. The largest absolute Gasteiger partial charge is 0.376 e. The first-order valence-corrected chi connectivity index (χ1v) is 5.10. The van der Waals surface area contributed by atoms with Crippen molar-refractivity contribution in [3.63, 3.8) is 0 Å². The van der Waals surface area contributed by atoms with E-state index in [1.807, 2.05) is 26.2 Å². The van der Waals surface area contributed by atoms with Crippen LogP contribution in [0.25, 0.3) is 0 Å². The molecule has 1 heterocycles. The van der Waals surface area contributed by atoms with Crippen molar-refractivity contribution in [1.82, 2.24) is 5.32 Å². The molecule has 1 aliphatic heterocycles. The van der Waals surface area contributed by atoms with Gasteiger partial charge in [-0.2, -0.15) is 0 Å². The minimum Gasteiger partial charge on any atom is -0.376 e. The number of hydrogen-bond donors (Lipinski definition) is 1. The van der Waals surface area contributed by atoms with Crippen molar-refractivity contribution in [3.05, 3.63) is 34.3 Å². The number of hydrogen-bond acceptors (Lipinski definition) is 2. The first-order chi connectivity index (χ1) is 6.79. The van der Waals surface area contributed by atoms with Crippen LogP contribution in [0.1, 0.15) is 11.1 Å². The normalized spacial score (nSPS) is 13.9. The molecule has 0 unspecified atom stereocenters. The Morgan fingerprint density at radius 2 is 2.07 bits per heavy atom. The van der Waals surface area contributed by atoms with E-state index in [-0.39, 0.29) is 0 Å². The van der Waals surface area contributed by atoms with Gasteiger partial charge in [0.2, 0.25) is 0 Å². The standard InChI is InChI=1S/C9H9ClO.C2H7N/c10-9-3-1-2-7-6-11-5-4-8(7)9;1-3-2/h1-3H,4-6H2;3H,1-2H3. The average molecular weight is 214 g/mol. The van der Waals surface area contributed by atoms with Crippen LogP contribution in [0, 0.1) is 0 Å². The van der Waals surface area contributed by atoms with E-state index in [0.717, 1.165) is 24.7 Å². The Morgan fingerprint density at radius 3 is 2.71 bits per heavy atom. The zero-order valence-corrected chi connectivity index (χ0v) is 9.40. The fourth-order valence-corrected chi connectivity index (χ4v) is 1.66. The second kappa shape index (κ2) is 6.02. The van der Waals surface area contributed by atoms with Crippen LogP contribution in [0.3, 0.4) is 0 Å². The number of halogens is 1. The molecule has 3 heteroatoms. The second-order valence-electron chi connectivity index (χ2n) is 3.18. The third kappa shape index (κ3) is 2.98. The fourth-order valence-electron chi connectivity index (χ4n) is 1.37. The van der Waals surface area contributed by atoms with E-state index < -0.39 is 0 Å². The molecule has 0 atom stereocenters. The van der Waals surface area contributed by atoms with Gasteiger partial charge in [0, 0.05) is 5.02 Å². The van der Waals surface area contributed by atoms with Gasteiger partial charge >= 0.3 is 0 Å². The van der Waals surface area contributed by atoms with Gasteiger partial charge in [-0.15, -0.1) is 0 Å². The molecule has 2 rings (SSSR count). The minimum atomic E-state index is 0.718. The van der Waals surface area contributed by atoms with E-state index in [1.54, 1.807) is 0 Å². The van der Waals surface area contributed by atoms with Crippen molar-refractivity contribution >= 4 is 11.6 Å². The molecule has 0 amide bonds. The van der Waals surface area contributed by atoms with Gasteiger partial charge in [0.1, 0.15) is 0 Å². The molecule has 1 aliphatic rings. The minimum absolute atomic E-state index is 0.718. The summed E-state index contributed by atoms with van der Waals surface area (Å²) in [5.41, 5.74) is 2.50. The van der Waals surface area contributed by atoms with E-state index in [0.29, 0.717) is 0 Å². The van der Waals surface area contributed by atoms with E-state index >= 15 is 0 Å². The molecule has 0 saturated heterocycles. The zero-order valence-electron chi connectivity index (χ0n) is 8.64. The maximum atomic E-state index is 5.99. The molecule has 0 spiro atoms. The van der Waals surface area contributed by atoms with E-state index in [9.17, 15) is 0 Å². The Bertz CT molecular complexity index is 289. The molecule has 0 aromatic heterocycles. The molecule has 0 bridgehead atoms. The Kier molecular flexibility index (Phi) is 4.94. The number of nitrogens with one attached hydrogen (secondary N) is 1. The lowest BCUT2D eigenvalue weighted by Crippen LogP contribution is -2.09. The average Bonchev–Trinajstić information content (AvgIpc) is 2.20. The van der Waals surface area contributed by atoms with Crippen LogP contribution in [-0.2, 0) is 17.8 Å². The maximum Gasteiger partial charge on any atom is 0.0720 e. The molecule has 1 aromatic carbocycles. The Balaban J connectivity index is 0.000000293. The number of fused-ring (bicyclic) bond motifs is 1. The molecule has 0 saturated carbocycles. The van der Waals surface area contributed by atoms with Crippen molar-refractivity contribution in [3.8, 4) is 0 Å². The molecule has 0 radical (unpaired) electrons. The van der Waals surface area contributed by atoms with Gasteiger partial charge in [0.15, 0.2) is 0 Å². The number of ether oxygens (including phenoxy) is 1. The summed E-state index contributed by atoms with van der Waals surface area (Å²) in [5, 5.41) is 3.63.